The van der Waals surface area contributed by atoms with Crippen LogP contribution in [0.15, 0.2) is 18.2 Å². The van der Waals surface area contributed by atoms with Crippen LogP contribution in [0.25, 0.3) is 0 Å². The highest BCUT2D eigenvalue weighted by Crippen LogP contribution is 2.17. The zero-order valence-electron chi connectivity index (χ0n) is 10.1. The molecule has 1 rings (SSSR count). The Bertz CT molecular complexity index is 307. The maximum atomic E-state index is 5.48. The number of unbranched alkanes of at least 4 members (excludes halogenated alkanes) is 1. The van der Waals surface area contributed by atoms with Crippen LogP contribution in [0.2, 0.25) is 0 Å². The van der Waals surface area contributed by atoms with Gasteiger partial charge in [0, 0.05) is 19.3 Å². The molecular formula is C13H22N2. The molecule has 2 nitrogen and oxygen atoms in total. The first-order valence-electron chi connectivity index (χ1n) is 5.63. The van der Waals surface area contributed by atoms with Gasteiger partial charge < -0.3 is 10.6 Å². The molecule has 0 aliphatic rings. The zero-order chi connectivity index (χ0) is 11.3. The molecule has 0 saturated carbocycles. The van der Waals surface area contributed by atoms with Gasteiger partial charge in [-0.25, -0.2) is 0 Å². The lowest BCUT2D eigenvalue weighted by molar-refractivity contribution is 0.728. The number of benzene rings is 1. The number of rotatable bonds is 5. The Balaban J connectivity index is 2.57. The summed E-state index contributed by atoms with van der Waals surface area (Å²) in [6.07, 6.45) is 2.27. The largest absolute Gasteiger partial charge is 0.375 e. The second kappa shape index (κ2) is 5.76. The minimum Gasteiger partial charge on any atom is -0.375 e. The molecule has 0 unspecified atom stereocenters. The van der Waals surface area contributed by atoms with E-state index in [9.17, 15) is 0 Å². The normalized spacial score (nSPS) is 10.4. The van der Waals surface area contributed by atoms with E-state index >= 15 is 0 Å². The van der Waals surface area contributed by atoms with Gasteiger partial charge in [0.05, 0.1) is 0 Å². The molecule has 0 aliphatic heterocycles. The number of anilines is 1. The van der Waals surface area contributed by atoms with Crippen molar-refractivity contribution in [3.63, 3.8) is 0 Å². The summed E-state index contributed by atoms with van der Waals surface area (Å²) >= 11 is 0. The third-order valence-corrected chi connectivity index (χ3v) is 2.88. The van der Waals surface area contributed by atoms with Gasteiger partial charge in [-0.15, -0.1) is 0 Å². The number of aryl methyl sites for hydroxylation is 2. The van der Waals surface area contributed by atoms with Gasteiger partial charge in [0.1, 0.15) is 0 Å². The number of hydrogen-bond acceptors (Lipinski definition) is 2. The number of nitrogens with zero attached hydrogens (tertiary/aromatic N) is 1. The topological polar surface area (TPSA) is 29.3 Å². The van der Waals surface area contributed by atoms with Gasteiger partial charge in [-0.05, 0) is 56.5 Å². The fraction of sp³-hybridized carbons (Fsp3) is 0.538. The van der Waals surface area contributed by atoms with Crippen molar-refractivity contribution in [2.45, 2.75) is 26.7 Å². The lowest BCUT2D eigenvalue weighted by Crippen LogP contribution is -2.19. The summed E-state index contributed by atoms with van der Waals surface area (Å²) in [5.41, 5.74) is 9.49. The van der Waals surface area contributed by atoms with Crippen LogP contribution < -0.4 is 10.6 Å². The van der Waals surface area contributed by atoms with Gasteiger partial charge in [-0.2, -0.15) is 0 Å². The Hall–Kier alpha value is -1.02. The molecule has 0 bridgehead atoms. The zero-order valence-corrected chi connectivity index (χ0v) is 10.1. The highest BCUT2D eigenvalue weighted by atomic mass is 15.1. The van der Waals surface area contributed by atoms with Crippen molar-refractivity contribution in [3.05, 3.63) is 29.3 Å². The van der Waals surface area contributed by atoms with Gasteiger partial charge in [0.25, 0.3) is 0 Å². The van der Waals surface area contributed by atoms with Gasteiger partial charge in [-0.1, -0.05) is 6.07 Å². The van der Waals surface area contributed by atoms with E-state index in [1.54, 1.807) is 0 Å². The van der Waals surface area contributed by atoms with E-state index in [0.717, 1.165) is 19.5 Å². The second-order valence-electron chi connectivity index (χ2n) is 4.19. The molecule has 15 heavy (non-hydrogen) atoms. The molecule has 2 N–H and O–H groups in total. The molecule has 84 valence electrons. The molecule has 0 aliphatic carbocycles. The third-order valence-electron chi connectivity index (χ3n) is 2.88. The average molecular weight is 206 g/mol. The molecule has 0 spiro atoms. The van der Waals surface area contributed by atoms with Crippen LogP contribution in [-0.2, 0) is 0 Å². The van der Waals surface area contributed by atoms with Crippen LogP contribution >= 0.6 is 0 Å². The molecule has 1 aromatic carbocycles. The van der Waals surface area contributed by atoms with Gasteiger partial charge in [-0.3, -0.25) is 0 Å². The molecule has 0 atom stereocenters. The molecular weight excluding hydrogens is 184 g/mol. The number of nitrogens with two attached hydrogens (primary N) is 1. The Morgan fingerprint density at radius 3 is 2.47 bits per heavy atom. The maximum Gasteiger partial charge on any atom is 0.0366 e. The number of hydrogen-bond donors (Lipinski definition) is 1. The van der Waals surface area contributed by atoms with Crippen LogP contribution in [0.4, 0.5) is 5.69 Å². The highest BCUT2D eigenvalue weighted by Gasteiger charge is 2.01. The van der Waals surface area contributed by atoms with E-state index in [1.807, 2.05) is 0 Å². The predicted octanol–water partition coefficient (Wildman–Crippen LogP) is 2.48. The Kier molecular flexibility index (Phi) is 4.63. The quantitative estimate of drug-likeness (QED) is 0.750. The van der Waals surface area contributed by atoms with Crippen LogP contribution in [0.5, 0.6) is 0 Å². The van der Waals surface area contributed by atoms with Crippen molar-refractivity contribution < 1.29 is 0 Å². The summed E-state index contributed by atoms with van der Waals surface area (Å²) in [7, 11) is 2.14. The van der Waals surface area contributed by atoms with E-state index in [4.69, 9.17) is 5.73 Å². The molecule has 0 aromatic heterocycles. The lowest BCUT2D eigenvalue weighted by Gasteiger charge is -2.20. The summed E-state index contributed by atoms with van der Waals surface area (Å²) in [5.74, 6) is 0. The van der Waals surface area contributed by atoms with Crippen LogP contribution in [0, 0.1) is 13.8 Å². The SMILES string of the molecule is Cc1ccc(N(C)CCCCN)cc1C. The fourth-order valence-corrected chi connectivity index (χ4v) is 1.59. The highest BCUT2D eigenvalue weighted by molar-refractivity contribution is 5.49. The predicted molar refractivity (Wildman–Crippen MR) is 67.5 cm³/mol. The van der Waals surface area contributed by atoms with Gasteiger partial charge >= 0.3 is 0 Å². The standard InChI is InChI=1S/C13H22N2/c1-11-6-7-13(10-12(11)2)15(3)9-5-4-8-14/h6-7,10H,4-5,8-9,14H2,1-3H3. The summed E-state index contributed by atoms with van der Waals surface area (Å²) in [6.45, 7) is 6.18. The molecule has 0 fully saturated rings. The van der Waals surface area contributed by atoms with E-state index < -0.39 is 0 Å². The Morgan fingerprint density at radius 1 is 1.13 bits per heavy atom. The van der Waals surface area contributed by atoms with Crippen molar-refractivity contribution in [2.24, 2.45) is 5.73 Å². The molecule has 0 amide bonds. The first-order chi connectivity index (χ1) is 7.15. The fourth-order valence-electron chi connectivity index (χ4n) is 1.59. The molecule has 0 radical (unpaired) electrons. The first-order valence-corrected chi connectivity index (χ1v) is 5.63. The summed E-state index contributed by atoms with van der Waals surface area (Å²) in [5, 5.41) is 0. The summed E-state index contributed by atoms with van der Waals surface area (Å²) in [4.78, 5) is 2.29. The van der Waals surface area contributed by atoms with Crippen LogP contribution in [0.1, 0.15) is 24.0 Å². The molecule has 0 saturated heterocycles. The van der Waals surface area contributed by atoms with Crippen LogP contribution in [-0.4, -0.2) is 20.1 Å². The molecule has 0 heterocycles. The van der Waals surface area contributed by atoms with Gasteiger partial charge in [0.2, 0.25) is 0 Å². The maximum absolute atomic E-state index is 5.48. The minimum atomic E-state index is 0.792. The Morgan fingerprint density at radius 2 is 1.87 bits per heavy atom. The smallest absolute Gasteiger partial charge is 0.0366 e. The average Bonchev–Trinajstić information content (AvgIpc) is 2.22. The summed E-state index contributed by atoms with van der Waals surface area (Å²) < 4.78 is 0. The van der Waals surface area contributed by atoms with E-state index in [-0.39, 0.29) is 0 Å². The molecule has 2 heteroatoms. The van der Waals surface area contributed by atoms with Gasteiger partial charge in [0.15, 0.2) is 0 Å². The van der Waals surface area contributed by atoms with E-state index in [2.05, 4.69) is 44.0 Å². The van der Waals surface area contributed by atoms with Crippen molar-refractivity contribution in [2.75, 3.05) is 25.0 Å². The Labute approximate surface area is 93.1 Å². The second-order valence-corrected chi connectivity index (χ2v) is 4.19. The first kappa shape index (κ1) is 12.1. The minimum absolute atomic E-state index is 0.792. The van der Waals surface area contributed by atoms with Crippen molar-refractivity contribution in [1.82, 2.24) is 0 Å². The monoisotopic (exact) mass is 206 g/mol. The third kappa shape index (κ3) is 3.56. The molecule has 1 aromatic rings. The summed E-state index contributed by atoms with van der Waals surface area (Å²) in [6, 6.07) is 6.62. The van der Waals surface area contributed by atoms with Crippen LogP contribution in [0.3, 0.4) is 0 Å². The lowest BCUT2D eigenvalue weighted by atomic mass is 10.1. The van der Waals surface area contributed by atoms with E-state index in [0.29, 0.717) is 0 Å². The van der Waals surface area contributed by atoms with E-state index in [1.165, 1.54) is 23.2 Å². The van der Waals surface area contributed by atoms with Crippen molar-refractivity contribution in [3.8, 4) is 0 Å². The van der Waals surface area contributed by atoms with Crippen molar-refractivity contribution >= 4 is 5.69 Å². The van der Waals surface area contributed by atoms with Crippen molar-refractivity contribution in [1.29, 1.82) is 0 Å².